The Morgan fingerprint density at radius 1 is 1.42 bits per heavy atom. The molecular weight excluding hydrogens is 254 g/mol. The predicted octanol–water partition coefficient (Wildman–Crippen LogP) is 3.66. The molecule has 1 N–H and O–H groups in total. The van der Waals surface area contributed by atoms with Crippen molar-refractivity contribution in [2.45, 2.75) is 65.1 Å². The zero-order chi connectivity index (χ0) is 13.8. The molecule has 0 aliphatic heterocycles. The summed E-state index contributed by atoms with van der Waals surface area (Å²) in [5, 5.41) is 4.63. The van der Waals surface area contributed by atoms with Crippen LogP contribution in [0.2, 0.25) is 0 Å². The van der Waals surface area contributed by atoms with Crippen LogP contribution in [0.4, 0.5) is 5.13 Å². The van der Waals surface area contributed by atoms with Gasteiger partial charge in [0.2, 0.25) is 0 Å². The van der Waals surface area contributed by atoms with E-state index >= 15 is 0 Å². The second kappa shape index (κ2) is 6.71. The minimum atomic E-state index is 0.529. The van der Waals surface area contributed by atoms with E-state index in [0.29, 0.717) is 12.1 Å². The van der Waals surface area contributed by atoms with Gasteiger partial charge in [-0.15, -0.1) is 11.3 Å². The molecule has 4 heteroatoms. The fourth-order valence-electron chi connectivity index (χ4n) is 2.86. The molecule has 1 aliphatic carbocycles. The molecule has 0 amide bonds. The zero-order valence-electron chi connectivity index (χ0n) is 12.6. The highest BCUT2D eigenvalue weighted by molar-refractivity contribution is 7.15. The van der Waals surface area contributed by atoms with Crippen molar-refractivity contribution in [3.63, 3.8) is 0 Å². The van der Waals surface area contributed by atoms with Crippen LogP contribution < -0.4 is 10.2 Å². The minimum Gasteiger partial charge on any atom is -0.348 e. The molecule has 1 fully saturated rings. The van der Waals surface area contributed by atoms with E-state index in [4.69, 9.17) is 0 Å². The van der Waals surface area contributed by atoms with Crippen LogP contribution in [0, 0.1) is 5.92 Å². The van der Waals surface area contributed by atoms with E-state index in [1.54, 1.807) is 0 Å². The quantitative estimate of drug-likeness (QED) is 0.893. The molecule has 0 spiro atoms. The van der Waals surface area contributed by atoms with Gasteiger partial charge in [-0.3, -0.25) is 0 Å². The largest absolute Gasteiger partial charge is 0.348 e. The van der Waals surface area contributed by atoms with E-state index in [0.717, 1.165) is 12.5 Å². The molecule has 2 atom stereocenters. The number of thiazole rings is 1. The maximum atomic E-state index is 4.61. The fraction of sp³-hybridized carbons (Fsp3) is 0.800. The summed E-state index contributed by atoms with van der Waals surface area (Å²) in [6.45, 7) is 7.67. The Kier molecular flexibility index (Phi) is 5.22. The van der Waals surface area contributed by atoms with Crippen molar-refractivity contribution in [1.29, 1.82) is 0 Å². The molecule has 2 rings (SSSR count). The van der Waals surface area contributed by atoms with Gasteiger partial charge in [0.25, 0.3) is 0 Å². The maximum Gasteiger partial charge on any atom is 0.185 e. The van der Waals surface area contributed by atoms with Crippen LogP contribution in [0.15, 0.2) is 6.20 Å². The summed E-state index contributed by atoms with van der Waals surface area (Å²) < 4.78 is 0. The van der Waals surface area contributed by atoms with Crippen molar-refractivity contribution in [2.75, 3.05) is 11.9 Å². The van der Waals surface area contributed by atoms with Gasteiger partial charge in [0.1, 0.15) is 0 Å². The Labute approximate surface area is 121 Å². The smallest absolute Gasteiger partial charge is 0.185 e. The molecule has 1 aromatic heterocycles. The number of aromatic nitrogens is 1. The summed E-state index contributed by atoms with van der Waals surface area (Å²) >= 11 is 1.83. The molecule has 0 radical (unpaired) electrons. The predicted molar refractivity (Wildman–Crippen MR) is 83.9 cm³/mol. The lowest BCUT2D eigenvalue weighted by atomic mass is 9.85. The number of hydrogen-bond acceptors (Lipinski definition) is 4. The summed E-state index contributed by atoms with van der Waals surface area (Å²) in [5.41, 5.74) is 0. The van der Waals surface area contributed by atoms with Gasteiger partial charge < -0.3 is 10.2 Å². The van der Waals surface area contributed by atoms with E-state index in [1.165, 1.54) is 35.7 Å². The molecule has 1 saturated carbocycles. The van der Waals surface area contributed by atoms with Crippen LogP contribution in [0.1, 0.15) is 51.3 Å². The standard InChI is InChI=1S/C15H27N3S/c1-11(2)16-9-13-10-17-15(19-13)18(4)14-8-6-5-7-12(14)3/h10-12,14,16H,5-9H2,1-4H3. The topological polar surface area (TPSA) is 28.2 Å². The van der Waals surface area contributed by atoms with E-state index < -0.39 is 0 Å². The van der Waals surface area contributed by atoms with E-state index in [2.05, 4.69) is 43.0 Å². The molecule has 1 aliphatic rings. The number of nitrogens with zero attached hydrogens (tertiary/aromatic N) is 2. The molecule has 0 bridgehead atoms. The lowest BCUT2D eigenvalue weighted by Crippen LogP contribution is -2.38. The SMILES string of the molecule is CC(C)NCc1cnc(N(C)C2CCCCC2C)s1. The van der Waals surface area contributed by atoms with Crippen molar-refractivity contribution in [3.05, 3.63) is 11.1 Å². The van der Waals surface area contributed by atoms with Gasteiger partial charge in [-0.2, -0.15) is 0 Å². The average molecular weight is 281 g/mol. The third kappa shape index (κ3) is 3.93. The van der Waals surface area contributed by atoms with Crippen molar-refractivity contribution in [1.82, 2.24) is 10.3 Å². The second-order valence-corrected chi connectivity index (χ2v) is 7.18. The average Bonchev–Trinajstić information content (AvgIpc) is 2.85. The van der Waals surface area contributed by atoms with Gasteiger partial charge in [0.05, 0.1) is 0 Å². The molecule has 3 nitrogen and oxygen atoms in total. The molecular formula is C15H27N3S. The Hall–Kier alpha value is -0.610. The minimum absolute atomic E-state index is 0.529. The van der Waals surface area contributed by atoms with Crippen LogP contribution >= 0.6 is 11.3 Å². The highest BCUT2D eigenvalue weighted by atomic mass is 32.1. The second-order valence-electron chi connectivity index (χ2n) is 6.08. The number of rotatable bonds is 5. The number of hydrogen-bond donors (Lipinski definition) is 1. The van der Waals surface area contributed by atoms with Gasteiger partial charge in [-0.25, -0.2) is 4.98 Å². The third-order valence-electron chi connectivity index (χ3n) is 4.09. The Morgan fingerprint density at radius 2 is 2.16 bits per heavy atom. The first-order valence-corrected chi connectivity index (χ1v) is 8.30. The molecule has 0 saturated heterocycles. The molecule has 2 unspecified atom stereocenters. The first-order valence-electron chi connectivity index (χ1n) is 7.49. The summed E-state index contributed by atoms with van der Waals surface area (Å²) in [6, 6.07) is 1.20. The fourth-order valence-corrected chi connectivity index (χ4v) is 3.74. The number of nitrogens with one attached hydrogen (secondary N) is 1. The molecule has 19 heavy (non-hydrogen) atoms. The lowest BCUT2D eigenvalue weighted by Gasteiger charge is -2.36. The van der Waals surface area contributed by atoms with Crippen LogP contribution in [0.5, 0.6) is 0 Å². The van der Waals surface area contributed by atoms with Gasteiger partial charge in [0.15, 0.2) is 5.13 Å². The van der Waals surface area contributed by atoms with Gasteiger partial charge >= 0.3 is 0 Å². The van der Waals surface area contributed by atoms with Crippen molar-refractivity contribution in [3.8, 4) is 0 Å². The number of anilines is 1. The summed E-state index contributed by atoms with van der Waals surface area (Å²) in [7, 11) is 2.21. The maximum absolute atomic E-state index is 4.61. The molecule has 1 aromatic rings. The molecule has 108 valence electrons. The van der Waals surface area contributed by atoms with Crippen molar-refractivity contribution >= 4 is 16.5 Å². The van der Waals surface area contributed by atoms with Crippen molar-refractivity contribution < 1.29 is 0 Å². The Balaban J connectivity index is 1.96. The van der Waals surface area contributed by atoms with Crippen molar-refractivity contribution in [2.24, 2.45) is 5.92 Å². The third-order valence-corrected chi connectivity index (χ3v) is 5.18. The Morgan fingerprint density at radius 3 is 2.84 bits per heavy atom. The molecule has 0 aromatic carbocycles. The normalized spacial score (nSPS) is 23.8. The Bertz CT molecular complexity index is 388. The highest BCUT2D eigenvalue weighted by Gasteiger charge is 2.26. The van der Waals surface area contributed by atoms with Crippen LogP contribution in [0.25, 0.3) is 0 Å². The van der Waals surface area contributed by atoms with E-state index in [-0.39, 0.29) is 0 Å². The zero-order valence-corrected chi connectivity index (χ0v) is 13.5. The molecule has 1 heterocycles. The summed E-state index contributed by atoms with van der Waals surface area (Å²) in [6.07, 6.45) is 7.47. The monoisotopic (exact) mass is 281 g/mol. The van der Waals surface area contributed by atoms with Crippen LogP contribution in [0.3, 0.4) is 0 Å². The first-order chi connectivity index (χ1) is 9.08. The van der Waals surface area contributed by atoms with E-state index in [9.17, 15) is 0 Å². The van der Waals surface area contributed by atoms with Crippen LogP contribution in [-0.2, 0) is 6.54 Å². The van der Waals surface area contributed by atoms with Crippen LogP contribution in [-0.4, -0.2) is 24.1 Å². The van der Waals surface area contributed by atoms with Gasteiger partial charge in [0, 0.05) is 36.8 Å². The highest BCUT2D eigenvalue weighted by Crippen LogP contribution is 2.32. The van der Waals surface area contributed by atoms with Gasteiger partial charge in [-0.05, 0) is 18.8 Å². The summed E-state index contributed by atoms with van der Waals surface area (Å²) in [4.78, 5) is 8.35. The summed E-state index contributed by atoms with van der Waals surface area (Å²) in [5.74, 6) is 0.792. The van der Waals surface area contributed by atoms with E-state index in [1.807, 2.05) is 17.5 Å². The van der Waals surface area contributed by atoms with Gasteiger partial charge in [-0.1, -0.05) is 33.6 Å². The first kappa shape index (κ1) is 14.8. The lowest BCUT2D eigenvalue weighted by molar-refractivity contribution is 0.321.